The summed E-state index contributed by atoms with van der Waals surface area (Å²) in [6, 6.07) is 0.728. The molecule has 0 fully saturated rings. The summed E-state index contributed by atoms with van der Waals surface area (Å²) in [5, 5.41) is 4.61. The molecule has 0 aliphatic rings. The van der Waals surface area contributed by atoms with E-state index in [1.165, 1.54) is 6.92 Å². The van der Waals surface area contributed by atoms with E-state index in [0.717, 1.165) is 6.07 Å². The minimum Gasteiger partial charge on any atom is -0.251 e. The number of nitrogens with two attached hydrogens (primary N) is 1. The predicted octanol–water partition coefficient (Wildman–Crippen LogP) is 1.11. The van der Waals surface area contributed by atoms with Crippen molar-refractivity contribution in [2.45, 2.75) is 18.2 Å². The molecule has 0 aliphatic carbocycles. The fraction of sp³-hybridized carbons (Fsp3) is 0.286. The summed E-state index contributed by atoms with van der Waals surface area (Å²) in [4.78, 5) is 2.00. The summed E-state index contributed by atoms with van der Waals surface area (Å²) in [6.07, 6.45) is -3.20. The lowest BCUT2D eigenvalue weighted by molar-refractivity contribution is 0.141. The highest BCUT2D eigenvalue weighted by Crippen LogP contribution is 2.26. The number of primary sulfonamides is 1. The van der Waals surface area contributed by atoms with E-state index in [-0.39, 0.29) is 5.69 Å². The molecule has 1 aromatic heterocycles. The van der Waals surface area contributed by atoms with E-state index in [2.05, 4.69) is 10.1 Å². The first kappa shape index (κ1) is 11.9. The topological polar surface area (TPSA) is 73.1 Å². The maximum Gasteiger partial charge on any atom is 0.281 e. The van der Waals surface area contributed by atoms with Crippen molar-refractivity contribution in [3.8, 4) is 0 Å². The number of aryl methyl sites for hydroxylation is 1. The minimum atomic E-state index is -4.54. The average Bonchev–Trinajstić information content (AvgIpc) is 1.99. The molecule has 0 bridgehead atoms. The van der Waals surface area contributed by atoms with Crippen LogP contribution in [0.4, 0.5) is 13.2 Å². The van der Waals surface area contributed by atoms with E-state index < -0.39 is 32.9 Å². The molecule has 1 aromatic rings. The molecule has 1 heterocycles. The van der Waals surface area contributed by atoms with Gasteiger partial charge in [0.2, 0.25) is 10.0 Å². The van der Waals surface area contributed by atoms with E-state index in [9.17, 15) is 21.6 Å². The molecule has 0 saturated carbocycles. The highest BCUT2D eigenvalue weighted by atomic mass is 32.2. The van der Waals surface area contributed by atoms with Crippen LogP contribution in [0.5, 0.6) is 0 Å². The van der Waals surface area contributed by atoms with Crippen LogP contribution in [-0.2, 0) is 10.0 Å². The Labute approximate surface area is 84.0 Å². The maximum absolute atomic E-state index is 13.1. The molecular weight excluding hydrogens is 233 g/mol. The molecule has 2 N–H and O–H groups in total. The van der Waals surface area contributed by atoms with Crippen LogP contribution in [0.2, 0.25) is 0 Å². The van der Waals surface area contributed by atoms with Crippen LogP contribution < -0.4 is 5.14 Å². The monoisotopic (exact) mass is 240 g/mol. The normalized spacial score (nSPS) is 12.1. The van der Waals surface area contributed by atoms with Crippen molar-refractivity contribution in [3.05, 3.63) is 23.3 Å². The smallest absolute Gasteiger partial charge is 0.251 e. The van der Waals surface area contributed by atoms with Crippen LogP contribution in [0.3, 0.4) is 0 Å². The second-order valence-electron chi connectivity index (χ2n) is 2.81. The van der Waals surface area contributed by atoms with Gasteiger partial charge in [-0.3, -0.25) is 4.98 Å². The number of halogens is 3. The summed E-state index contributed by atoms with van der Waals surface area (Å²) in [5.41, 5.74) is -1.20. The maximum atomic E-state index is 13.1. The van der Waals surface area contributed by atoms with Gasteiger partial charge in [0.1, 0.15) is 16.4 Å². The molecule has 0 amide bonds. The lowest BCUT2D eigenvalue weighted by Crippen LogP contribution is -2.18. The van der Waals surface area contributed by atoms with Gasteiger partial charge in [0.15, 0.2) is 0 Å². The zero-order valence-corrected chi connectivity index (χ0v) is 8.35. The first-order valence-electron chi connectivity index (χ1n) is 3.71. The predicted molar refractivity (Wildman–Crippen MR) is 45.3 cm³/mol. The summed E-state index contributed by atoms with van der Waals surface area (Å²) < 4.78 is 59.6. The Kier molecular flexibility index (Phi) is 3.00. The first-order valence-corrected chi connectivity index (χ1v) is 5.26. The van der Waals surface area contributed by atoms with Crippen LogP contribution in [0, 0.1) is 12.7 Å². The number of hydrogen-bond donors (Lipinski definition) is 1. The fourth-order valence-electron chi connectivity index (χ4n) is 1.07. The molecule has 0 spiro atoms. The van der Waals surface area contributed by atoms with Gasteiger partial charge in [0.25, 0.3) is 6.43 Å². The first-order chi connectivity index (χ1) is 6.73. The van der Waals surface area contributed by atoms with Crippen molar-refractivity contribution in [2.75, 3.05) is 0 Å². The van der Waals surface area contributed by atoms with Gasteiger partial charge in [-0.05, 0) is 13.0 Å². The number of pyridine rings is 1. The van der Waals surface area contributed by atoms with Gasteiger partial charge < -0.3 is 0 Å². The van der Waals surface area contributed by atoms with Gasteiger partial charge in [-0.2, -0.15) is 0 Å². The van der Waals surface area contributed by atoms with Crippen molar-refractivity contribution in [1.29, 1.82) is 0 Å². The minimum absolute atomic E-state index is 0.0461. The van der Waals surface area contributed by atoms with Crippen LogP contribution in [-0.4, -0.2) is 13.4 Å². The van der Waals surface area contributed by atoms with Gasteiger partial charge in [0.05, 0.1) is 0 Å². The molecule has 84 valence electrons. The van der Waals surface area contributed by atoms with Crippen molar-refractivity contribution in [1.82, 2.24) is 4.98 Å². The van der Waals surface area contributed by atoms with Crippen LogP contribution >= 0.6 is 0 Å². The number of alkyl halides is 2. The Balaban J connectivity index is 3.62. The van der Waals surface area contributed by atoms with Crippen molar-refractivity contribution < 1.29 is 21.6 Å². The Bertz CT molecular complexity index is 487. The molecule has 4 nitrogen and oxygen atoms in total. The molecule has 1 rings (SSSR count). The lowest BCUT2D eigenvalue weighted by Gasteiger charge is -2.07. The molecular formula is C7H7F3N2O2S. The Morgan fingerprint density at radius 1 is 1.47 bits per heavy atom. The zero-order chi connectivity index (χ0) is 11.8. The molecule has 0 unspecified atom stereocenters. The van der Waals surface area contributed by atoms with E-state index >= 15 is 0 Å². The van der Waals surface area contributed by atoms with Crippen molar-refractivity contribution in [3.63, 3.8) is 0 Å². The van der Waals surface area contributed by atoms with E-state index in [0.29, 0.717) is 0 Å². The number of aromatic nitrogens is 1. The highest BCUT2D eigenvalue weighted by molar-refractivity contribution is 7.89. The van der Waals surface area contributed by atoms with Crippen LogP contribution in [0.1, 0.15) is 17.8 Å². The molecule has 0 aliphatic heterocycles. The molecule has 15 heavy (non-hydrogen) atoms. The van der Waals surface area contributed by atoms with Gasteiger partial charge in [-0.15, -0.1) is 0 Å². The second-order valence-corrected chi connectivity index (χ2v) is 4.30. The third kappa shape index (κ3) is 2.45. The van der Waals surface area contributed by atoms with Crippen molar-refractivity contribution >= 4 is 10.0 Å². The molecule has 0 radical (unpaired) electrons. The molecule has 8 heteroatoms. The van der Waals surface area contributed by atoms with Crippen LogP contribution in [0.15, 0.2) is 11.0 Å². The number of rotatable bonds is 2. The van der Waals surface area contributed by atoms with Crippen molar-refractivity contribution in [2.24, 2.45) is 5.14 Å². The van der Waals surface area contributed by atoms with Gasteiger partial charge in [-0.1, -0.05) is 0 Å². The van der Waals surface area contributed by atoms with Gasteiger partial charge in [0, 0.05) is 5.69 Å². The summed E-state index contributed by atoms with van der Waals surface area (Å²) in [6.45, 7) is 1.27. The number of nitrogens with zero attached hydrogens (tertiary/aromatic N) is 1. The standard InChI is InChI=1S/C7H7F3N2O2S/c1-3-2-4(8)6(15(11,13)14)5(12-3)7(9)10/h2,7H,1H3,(H2,11,13,14). The van der Waals surface area contributed by atoms with Gasteiger partial charge >= 0.3 is 0 Å². The average molecular weight is 240 g/mol. The summed E-state index contributed by atoms with van der Waals surface area (Å²) in [7, 11) is -4.54. The Hall–Kier alpha value is -1.15. The fourth-order valence-corrected chi connectivity index (χ4v) is 1.83. The largest absolute Gasteiger partial charge is 0.281 e. The quantitative estimate of drug-likeness (QED) is 0.841. The zero-order valence-electron chi connectivity index (χ0n) is 7.54. The Morgan fingerprint density at radius 3 is 2.40 bits per heavy atom. The number of hydrogen-bond acceptors (Lipinski definition) is 3. The Morgan fingerprint density at radius 2 is 2.00 bits per heavy atom. The lowest BCUT2D eigenvalue weighted by atomic mass is 10.3. The third-order valence-electron chi connectivity index (χ3n) is 1.57. The van der Waals surface area contributed by atoms with E-state index in [1.54, 1.807) is 0 Å². The molecule has 0 atom stereocenters. The van der Waals surface area contributed by atoms with E-state index in [1.807, 2.05) is 0 Å². The number of sulfonamides is 1. The summed E-state index contributed by atoms with van der Waals surface area (Å²) in [5.74, 6) is -1.32. The second kappa shape index (κ2) is 3.78. The molecule has 0 saturated heterocycles. The van der Waals surface area contributed by atoms with Crippen LogP contribution in [0.25, 0.3) is 0 Å². The third-order valence-corrected chi connectivity index (χ3v) is 2.55. The molecule has 0 aromatic carbocycles. The van der Waals surface area contributed by atoms with Gasteiger partial charge in [-0.25, -0.2) is 26.7 Å². The summed E-state index contributed by atoms with van der Waals surface area (Å²) >= 11 is 0. The SMILES string of the molecule is Cc1cc(F)c(S(N)(=O)=O)c(C(F)F)n1. The van der Waals surface area contributed by atoms with E-state index in [4.69, 9.17) is 0 Å². The highest BCUT2D eigenvalue weighted by Gasteiger charge is 2.26.